The number of amides is 2. The molecule has 0 atom stereocenters. The van der Waals surface area contributed by atoms with Gasteiger partial charge < -0.3 is 25.0 Å². The summed E-state index contributed by atoms with van der Waals surface area (Å²) in [5.41, 5.74) is 1.81. The highest BCUT2D eigenvalue weighted by Gasteiger charge is 2.23. The molecule has 0 saturated carbocycles. The van der Waals surface area contributed by atoms with Gasteiger partial charge in [-0.2, -0.15) is 0 Å². The molecule has 1 fully saturated rings. The number of cyclic esters (lactones) is 1. The number of hydrogen-bond acceptors (Lipinski definition) is 5. The summed E-state index contributed by atoms with van der Waals surface area (Å²) < 4.78 is 10.3. The van der Waals surface area contributed by atoms with E-state index < -0.39 is 0 Å². The lowest BCUT2D eigenvalue weighted by atomic mass is 10.2. The number of aliphatic imine (C=N–C) groups is 1. The monoisotopic (exact) mass is 533 g/mol. The van der Waals surface area contributed by atoms with Gasteiger partial charge in [0.2, 0.25) is 5.91 Å². The number of halogens is 1. The summed E-state index contributed by atoms with van der Waals surface area (Å²) in [6.45, 7) is 5.62. The van der Waals surface area contributed by atoms with Crippen LogP contribution in [0.2, 0.25) is 0 Å². The molecule has 30 heavy (non-hydrogen) atoms. The molecule has 168 valence electrons. The van der Waals surface area contributed by atoms with Gasteiger partial charge in [0, 0.05) is 39.5 Å². The highest BCUT2D eigenvalue weighted by Crippen LogP contribution is 2.19. The first-order chi connectivity index (χ1) is 14.0. The second-order valence-corrected chi connectivity index (χ2v) is 6.72. The van der Waals surface area contributed by atoms with E-state index in [9.17, 15) is 9.59 Å². The normalized spacial score (nSPS) is 13.5. The van der Waals surface area contributed by atoms with Gasteiger partial charge in [0.05, 0.1) is 19.6 Å². The van der Waals surface area contributed by atoms with Crippen LogP contribution in [0.15, 0.2) is 29.3 Å². The van der Waals surface area contributed by atoms with Gasteiger partial charge in [-0.05, 0) is 31.0 Å². The summed E-state index contributed by atoms with van der Waals surface area (Å²) in [5, 5.41) is 6.29. The highest BCUT2D eigenvalue weighted by molar-refractivity contribution is 14.0. The summed E-state index contributed by atoms with van der Waals surface area (Å²) in [6, 6.07) is 7.63. The highest BCUT2D eigenvalue weighted by atomic mass is 127. The average molecular weight is 533 g/mol. The topological polar surface area (TPSA) is 95.5 Å². The van der Waals surface area contributed by atoms with E-state index in [0.29, 0.717) is 45.4 Å². The van der Waals surface area contributed by atoms with Crippen LogP contribution in [0.25, 0.3) is 0 Å². The summed E-state index contributed by atoms with van der Waals surface area (Å²) >= 11 is 0. The van der Waals surface area contributed by atoms with Crippen molar-refractivity contribution in [2.45, 2.75) is 19.9 Å². The molecule has 1 heterocycles. The van der Waals surface area contributed by atoms with E-state index >= 15 is 0 Å². The molecule has 1 aliphatic heterocycles. The largest absolute Gasteiger partial charge is 0.447 e. The zero-order chi connectivity index (χ0) is 21.1. The third kappa shape index (κ3) is 8.74. The fourth-order valence-electron chi connectivity index (χ4n) is 2.60. The number of carbonyl (C=O) groups excluding carboxylic acids is 2. The zero-order valence-electron chi connectivity index (χ0n) is 17.8. The Balaban J connectivity index is 0.00000450. The van der Waals surface area contributed by atoms with Crippen LogP contribution in [0.5, 0.6) is 0 Å². The molecule has 1 aliphatic rings. The molecule has 2 N–H and O–H groups in total. The van der Waals surface area contributed by atoms with Crippen LogP contribution in [0.3, 0.4) is 0 Å². The Kier molecular flexibility index (Phi) is 12.1. The smallest absolute Gasteiger partial charge is 0.414 e. The second kappa shape index (κ2) is 14.0. The predicted octanol–water partition coefficient (Wildman–Crippen LogP) is 1.81. The van der Waals surface area contributed by atoms with Crippen molar-refractivity contribution in [1.82, 2.24) is 15.5 Å². The molecular weight excluding hydrogens is 501 g/mol. The third-order valence-corrected chi connectivity index (χ3v) is 4.30. The molecule has 0 spiro atoms. The quantitative estimate of drug-likeness (QED) is 0.206. The maximum atomic E-state index is 11.8. The summed E-state index contributed by atoms with van der Waals surface area (Å²) in [7, 11) is 3.43. The van der Waals surface area contributed by atoms with E-state index in [1.807, 2.05) is 31.2 Å². The first-order valence-electron chi connectivity index (χ1n) is 9.84. The Hall–Kier alpha value is -2.08. The molecule has 10 heteroatoms. The van der Waals surface area contributed by atoms with Crippen molar-refractivity contribution in [1.29, 1.82) is 0 Å². The van der Waals surface area contributed by atoms with Gasteiger partial charge in [0.25, 0.3) is 0 Å². The van der Waals surface area contributed by atoms with Crippen molar-refractivity contribution >= 4 is 47.6 Å². The molecule has 0 aliphatic carbocycles. The van der Waals surface area contributed by atoms with E-state index in [0.717, 1.165) is 17.7 Å². The molecule has 9 nitrogen and oxygen atoms in total. The van der Waals surface area contributed by atoms with Crippen molar-refractivity contribution in [3.05, 3.63) is 29.8 Å². The standard InChI is InChI=1S/C20H31N5O4.HI/c1-4-28-12-5-10-21-19(23-15-18(26)24(2)3)22-14-16-6-8-17(9-7-16)25-11-13-29-20(25)27;/h6-9H,4-5,10-15H2,1-3H3,(H2,21,22,23);1H. The minimum atomic E-state index is -0.316. The van der Waals surface area contributed by atoms with Gasteiger partial charge >= 0.3 is 6.09 Å². The van der Waals surface area contributed by atoms with E-state index in [2.05, 4.69) is 15.6 Å². The lowest BCUT2D eigenvalue weighted by Gasteiger charge is -2.15. The van der Waals surface area contributed by atoms with Gasteiger partial charge in [-0.25, -0.2) is 9.79 Å². The first kappa shape index (κ1) is 26.0. The fourth-order valence-corrected chi connectivity index (χ4v) is 2.60. The minimum Gasteiger partial charge on any atom is -0.447 e. The maximum absolute atomic E-state index is 11.8. The molecule has 1 saturated heterocycles. The average Bonchev–Trinajstić information content (AvgIpc) is 3.15. The molecule has 0 radical (unpaired) electrons. The van der Waals surface area contributed by atoms with Crippen molar-refractivity contribution in [2.24, 2.45) is 4.99 Å². The molecule has 2 amide bonds. The number of nitrogens with one attached hydrogen (secondary N) is 2. The van der Waals surface area contributed by atoms with Crippen LogP contribution in [0.4, 0.5) is 10.5 Å². The SMILES string of the molecule is CCOCCCNC(=NCc1ccc(N2CCOC2=O)cc1)NCC(=O)N(C)C.I. The summed E-state index contributed by atoms with van der Waals surface area (Å²) in [5.74, 6) is 0.541. The van der Waals surface area contributed by atoms with Crippen LogP contribution >= 0.6 is 24.0 Å². The van der Waals surface area contributed by atoms with Crippen LogP contribution in [-0.2, 0) is 20.8 Å². The molecule has 1 aromatic rings. The van der Waals surface area contributed by atoms with Crippen LogP contribution < -0.4 is 15.5 Å². The molecule has 0 unspecified atom stereocenters. The second-order valence-electron chi connectivity index (χ2n) is 6.72. The van der Waals surface area contributed by atoms with E-state index in [1.54, 1.807) is 19.0 Å². The van der Waals surface area contributed by atoms with Crippen molar-refractivity contribution < 1.29 is 19.1 Å². The first-order valence-corrected chi connectivity index (χ1v) is 9.84. The number of hydrogen-bond donors (Lipinski definition) is 2. The molecule has 1 aromatic carbocycles. The van der Waals surface area contributed by atoms with Gasteiger partial charge in [0.1, 0.15) is 6.61 Å². The number of guanidine groups is 1. The van der Waals surface area contributed by atoms with Crippen molar-refractivity contribution in [3.63, 3.8) is 0 Å². The predicted molar refractivity (Wildman–Crippen MR) is 127 cm³/mol. The number of benzene rings is 1. The molecule has 0 bridgehead atoms. The number of rotatable bonds is 10. The maximum Gasteiger partial charge on any atom is 0.414 e. The molecule has 2 rings (SSSR count). The van der Waals surface area contributed by atoms with E-state index in [4.69, 9.17) is 9.47 Å². The zero-order valence-corrected chi connectivity index (χ0v) is 20.2. The number of likely N-dealkylation sites (N-methyl/N-ethyl adjacent to an activating group) is 1. The summed E-state index contributed by atoms with van der Waals surface area (Å²) in [6.07, 6.45) is 0.528. The lowest BCUT2D eigenvalue weighted by Crippen LogP contribution is -2.43. The Morgan fingerprint density at radius 1 is 1.27 bits per heavy atom. The summed E-state index contributed by atoms with van der Waals surface area (Å²) in [4.78, 5) is 31.2. The Morgan fingerprint density at radius 3 is 2.60 bits per heavy atom. The number of nitrogens with zero attached hydrogens (tertiary/aromatic N) is 3. The number of carbonyl (C=O) groups is 2. The van der Waals surface area contributed by atoms with Gasteiger partial charge in [-0.1, -0.05) is 12.1 Å². The minimum absolute atomic E-state index is 0. The van der Waals surface area contributed by atoms with E-state index in [-0.39, 0.29) is 42.5 Å². The van der Waals surface area contributed by atoms with Crippen LogP contribution in [0.1, 0.15) is 18.9 Å². The van der Waals surface area contributed by atoms with Crippen LogP contribution in [0, 0.1) is 0 Å². The third-order valence-electron chi connectivity index (χ3n) is 4.30. The Morgan fingerprint density at radius 2 is 2.00 bits per heavy atom. The van der Waals surface area contributed by atoms with Gasteiger partial charge in [0.15, 0.2) is 5.96 Å². The van der Waals surface area contributed by atoms with E-state index in [1.165, 1.54) is 4.90 Å². The number of anilines is 1. The van der Waals surface area contributed by atoms with Crippen LogP contribution in [-0.4, -0.2) is 76.4 Å². The molecular formula is C20H32IN5O4. The van der Waals surface area contributed by atoms with Crippen molar-refractivity contribution in [3.8, 4) is 0 Å². The van der Waals surface area contributed by atoms with Gasteiger partial charge in [-0.3, -0.25) is 9.69 Å². The fraction of sp³-hybridized carbons (Fsp3) is 0.550. The Bertz CT molecular complexity index is 697. The molecule has 0 aromatic heterocycles. The van der Waals surface area contributed by atoms with Crippen molar-refractivity contribution in [2.75, 3.05) is 58.5 Å². The van der Waals surface area contributed by atoms with Gasteiger partial charge in [-0.15, -0.1) is 24.0 Å². The Labute approximate surface area is 195 Å². The lowest BCUT2D eigenvalue weighted by molar-refractivity contribution is -0.127. The number of ether oxygens (including phenoxy) is 2.